The number of imidazole rings is 1. The van der Waals surface area contributed by atoms with Gasteiger partial charge in [0.15, 0.2) is 0 Å². The quantitative estimate of drug-likeness (QED) is 0.847. The molecule has 1 unspecified atom stereocenters. The van der Waals surface area contributed by atoms with Crippen LogP contribution < -0.4 is 0 Å². The van der Waals surface area contributed by atoms with Crippen molar-refractivity contribution in [3.8, 4) is 0 Å². The van der Waals surface area contributed by atoms with Crippen LogP contribution in [-0.4, -0.2) is 27.9 Å². The van der Waals surface area contributed by atoms with Gasteiger partial charge in [-0.1, -0.05) is 6.92 Å². The standard InChI is InChI=1S/C12H20N2O2/c1-2-5-14-9-13-8-11(14)12(15)10-3-6-16-7-4-10/h8-10,12,15H,2-7H2,1H3. The van der Waals surface area contributed by atoms with E-state index < -0.39 is 6.10 Å². The average Bonchev–Trinajstić information content (AvgIpc) is 2.78. The van der Waals surface area contributed by atoms with Crippen LogP contribution in [0.3, 0.4) is 0 Å². The van der Waals surface area contributed by atoms with Crippen molar-refractivity contribution >= 4 is 0 Å². The Morgan fingerprint density at radius 1 is 1.56 bits per heavy atom. The molecule has 1 aliphatic rings. The second kappa shape index (κ2) is 5.46. The third-order valence-electron chi connectivity index (χ3n) is 3.22. The van der Waals surface area contributed by atoms with Gasteiger partial charge in [0.05, 0.1) is 24.3 Å². The van der Waals surface area contributed by atoms with Crippen molar-refractivity contribution in [2.24, 2.45) is 5.92 Å². The molecule has 1 fully saturated rings. The van der Waals surface area contributed by atoms with Crippen molar-refractivity contribution in [3.05, 3.63) is 18.2 Å². The summed E-state index contributed by atoms with van der Waals surface area (Å²) in [6, 6.07) is 0. The predicted molar refractivity (Wildman–Crippen MR) is 61.0 cm³/mol. The molecule has 90 valence electrons. The van der Waals surface area contributed by atoms with Crippen LogP contribution in [0.25, 0.3) is 0 Å². The molecule has 2 rings (SSSR count). The van der Waals surface area contributed by atoms with Crippen LogP contribution in [0.4, 0.5) is 0 Å². The maximum absolute atomic E-state index is 10.3. The van der Waals surface area contributed by atoms with Crippen LogP contribution in [0.15, 0.2) is 12.5 Å². The van der Waals surface area contributed by atoms with Crippen molar-refractivity contribution in [1.82, 2.24) is 9.55 Å². The monoisotopic (exact) mass is 224 g/mol. The minimum absolute atomic E-state index is 0.320. The van der Waals surface area contributed by atoms with Gasteiger partial charge >= 0.3 is 0 Å². The number of aliphatic hydroxyl groups excluding tert-OH is 1. The fraction of sp³-hybridized carbons (Fsp3) is 0.750. The van der Waals surface area contributed by atoms with Crippen LogP contribution in [0.5, 0.6) is 0 Å². The summed E-state index contributed by atoms with van der Waals surface area (Å²) in [4.78, 5) is 4.13. The molecule has 0 saturated carbocycles. The zero-order valence-electron chi connectivity index (χ0n) is 9.80. The molecule has 1 saturated heterocycles. The van der Waals surface area contributed by atoms with E-state index in [0.717, 1.165) is 44.7 Å². The van der Waals surface area contributed by atoms with Crippen LogP contribution in [0, 0.1) is 5.92 Å². The smallest absolute Gasteiger partial charge is 0.0985 e. The highest BCUT2D eigenvalue weighted by molar-refractivity contribution is 5.04. The van der Waals surface area contributed by atoms with Gasteiger partial charge in [-0.05, 0) is 25.2 Å². The molecule has 4 nitrogen and oxygen atoms in total. The highest BCUT2D eigenvalue weighted by Crippen LogP contribution is 2.29. The van der Waals surface area contributed by atoms with E-state index in [4.69, 9.17) is 4.74 Å². The Balaban J connectivity index is 2.06. The second-order valence-corrected chi connectivity index (χ2v) is 4.41. The van der Waals surface area contributed by atoms with Crippen LogP contribution in [0.1, 0.15) is 38.0 Å². The number of aromatic nitrogens is 2. The summed E-state index contributed by atoms with van der Waals surface area (Å²) in [6.45, 7) is 4.59. The van der Waals surface area contributed by atoms with Crippen molar-refractivity contribution in [2.75, 3.05) is 13.2 Å². The Morgan fingerprint density at radius 3 is 3.00 bits per heavy atom. The Labute approximate surface area is 96.3 Å². The molecule has 0 bridgehead atoms. The molecule has 0 radical (unpaired) electrons. The molecule has 1 atom stereocenters. The third-order valence-corrected chi connectivity index (χ3v) is 3.22. The first-order chi connectivity index (χ1) is 7.83. The van der Waals surface area contributed by atoms with Crippen LogP contribution in [0.2, 0.25) is 0 Å². The zero-order valence-corrected chi connectivity index (χ0v) is 9.80. The largest absolute Gasteiger partial charge is 0.387 e. The summed E-state index contributed by atoms with van der Waals surface area (Å²) in [7, 11) is 0. The molecular formula is C12H20N2O2. The van der Waals surface area contributed by atoms with Crippen molar-refractivity contribution in [1.29, 1.82) is 0 Å². The number of rotatable bonds is 4. The van der Waals surface area contributed by atoms with Gasteiger partial charge in [0.25, 0.3) is 0 Å². The lowest BCUT2D eigenvalue weighted by atomic mass is 9.92. The minimum Gasteiger partial charge on any atom is -0.387 e. The van der Waals surface area contributed by atoms with Gasteiger partial charge in [-0.2, -0.15) is 0 Å². The van der Waals surface area contributed by atoms with E-state index in [2.05, 4.69) is 16.5 Å². The topological polar surface area (TPSA) is 47.3 Å². The minimum atomic E-state index is -0.391. The summed E-state index contributed by atoms with van der Waals surface area (Å²) < 4.78 is 7.37. The molecule has 1 aromatic heterocycles. The number of aliphatic hydroxyl groups is 1. The van der Waals surface area contributed by atoms with Crippen LogP contribution >= 0.6 is 0 Å². The summed E-state index contributed by atoms with van der Waals surface area (Å²) in [5, 5.41) is 10.3. The molecule has 1 aromatic rings. The third kappa shape index (κ3) is 2.44. The van der Waals surface area contributed by atoms with E-state index in [0.29, 0.717) is 5.92 Å². The first-order valence-electron chi connectivity index (χ1n) is 6.08. The van der Waals surface area contributed by atoms with Crippen molar-refractivity contribution in [3.63, 3.8) is 0 Å². The number of hydrogen-bond donors (Lipinski definition) is 1. The number of nitrogens with zero attached hydrogens (tertiary/aromatic N) is 2. The molecular weight excluding hydrogens is 204 g/mol. The van der Waals surface area contributed by atoms with Crippen molar-refractivity contribution in [2.45, 2.75) is 38.8 Å². The Kier molecular flexibility index (Phi) is 3.96. The Hall–Kier alpha value is -0.870. The Bertz CT molecular complexity index is 319. The number of ether oxygens (including phenoxy) is 1. The van der Waals surface area contributed by atoms with Gasteiger partial charge in [0.1, 0.15) is 0 Å². The van der Waals surface area contributed by atoms with Crippen molar-refractivity contribution < 1.29 is 9.84 Å². The first kappa shape index (κ1) is 11.6. The molecule has 0 aliphatic carbocycles. The fourth-order valence-corrected chi connectivity index (χ4v) is 2.28. The maximum Gasteiger partial charge on any atom is 0.0985 e. The van der Waals surface area contributed by atoms with E-state index in [9.17, 15) is 5.11 Å². The number of aryl methyl sites for hydroxylation is 1. The van der Waals surface area contributed by atoms with Gasteiger partial charge in [-0.25, -0.2) is 4.98 Å². The maximum atomic E-state index is 10.3. The molecule has 0 amide bonds. The highest BCUT2D eigenvalue weighted by Gasteiger charge is 2.25. The summed E-state index contributed by atoms with van der Waals surface area (Å²) in [6.07, 6.45) is 6.15. The molecule has 16 heavy (non-hydrogen) atoms. The molecule has 0 spiro atoms. The van der Waals surface area contributed by atoms with Gasteiger partial charge in [-0.3, -0.25) is 0 Å². The molecule has 1 aliphatic heterocycles. The lowest BCUT2D eigenvalue weighted by Gasteiger charge is -2.27. The average molecular weight is 224 g/mol. The molecule has 0 aromatic carbocycles. The predicted octanol–water partition coefficient (Wildman–Crippen LogP) is 1.75. The molecule has 4 heteroatoms. The summed E-state index contributed by atoms with van der Waals surface area (Å²) in [5.41, 5.74) is 0.953. The van der Waals surface area contributed by atoms with Gasteiger partial charge in [0.2, 0.25) is 0 Å². The van der Waals surface area contributed by atoms with E-state index in [-0.39, 0.29) is 0 Å². The Morgan fingerprint density at radius 2 is 2.31 bits per heavy atom. The fourth-order valence-electron chi connectivity index (χ4n) is 2.28. The lowest BCUT2D eigenvalue weighted by molar-refractivity contribution is 0.00421. The SMILES string of the molecule is CCCn1cncc1C(O)C1CCOCC1. The van der Waals surface area contributed by atoms with E-state index in [1.807, 2.05) is 0 Å². The van der Waals surface area contributed by atoms with E-state index in [1.165, 1.54) is 0 Å². The highest BCUT2D eigenvalue weighted by atomic mass is 16.5. The van der Waals surface area contributed by atoms with Gasteiger partial charge < -0.3 is 14.4 Å². The van der Waals surface area contributed by atoms with E-state index in [1.54, 1.807) is 12.5 Å². The van der Waals surface area contributed by atoms with Gasteiger partial charge in [0, 0.05) is 19.8 Å². The zero-order chi connectivity index (χ0) is 11.4. The van der Waals surface area contributed by atoms with Crippen LogP contribution in [-0.2, 0) is 11.3 Å². The lowest BCUT2D eigenvalue weighted by Crippen LogP contribution is -2.23. The number of hydrogen-bond acceptors (Lipinski definition) is 3. The molecule has 2 heterocycles. The van der Waals surface area contributed by atoms with E-state index >= 15 is 0 Å². The molecule has 1 N–H and O–H groups in total. The summed E-state index contributed by atoms with van der Waals surface area (Å²) in [5.74, 6) is 0.320. The van der Waals surface area contributed by atoms with Gasteiger partial charge in [-0.15, -0.1) is 0 Å². The second-order valence-electron chi connectivity index (χ2n) is 4.41. The summed E-state index contributed by atoms with van der Waals surface area (Å²) >= 11 is 0. The first-order valence-corrected chi connectivity index (χ1v) is 6.08. The normalized spacial score (nSPS) is 19.9.